The molecule has 0 amide bonds. The van der Waals surface area contributed by atoms with E-state index in [1.165, 1.54) is 11.1 Å². The molecule has 0 spiro atoms. The topological polar surface area (TPSA) is 24.9 Å². The second kappa shape index (κ2) is 6.29. The second-order valence-corrected chi connectivity index (χ2v) is 6.85. The first kappa shape index (κ1) is 15.3. The number of anilines is 2. The van der Waals surface area contributed by atoms with Gasteiger partial charge in [-0.15, -0.1) is 11.3 Å². The van der Waals surface area contributed by atoms with E-state index in [0.717, 1.165) is 22.1 Å². The molecule has 0 aliphatic heterocycles. The van der Waals surface area contributed by atoms with Gasteiger partial charge in [0, 0.05) is 26.7 Å². The fourth-order valence-corrected chi connectivity index (χ4v) is 3.38. The summed E-state index contributed by atoms with van der Waals surface area (Å²) in [5.74, 6) is 0. The van der Waals surface area contributed by atoms with Crippen LogP contribution in [0, 0.1) is 13.8 Å². The number of nitrogens with zero attached hydrogens (tertiary/aromatic N) is 1. The fraction of sp³-hybridized carbons (Fsp3) is 0.118. The van der Waals surface area contributed by atoms with Crippen molar-refractivity contribution in [2.24, 2.45) is 0 Å². The standard InChI is InChI=1S/C17H14Cl2N2S/c1-10-3-4-12(5-11(10)2)16-9-22-17(21-16)20-15-7-13(18)6-14(19)8-15/h3-9H,1-2H3,(H,20,21). The van der Waals surface area contributed by atoms with Crippen molar-refractivity contribution in [3.63, 3.8) is 0 Å². The van der Waals surface area contributed by atoms with Gasteiger partial charge in [0.1, 0.15) is 0 Å². The number of nitrogens with one attached hydrogen (secondary N) is 1. The Labute approximate surface area is 143 Å². The molecule has 0 fully saturated rings. The second-order valence-electron chi connectivity index (χ2n) is 5.12. The Hall–Kier alpha value is -1.55. The Morgan fingerprint density at radius 1 is 0.955 bits per heavy atom. The van der Waals surface area contributed by atoms with Crippen LogP contribution in [-0.4, -0.2) is 4.98 Å². The molecule has 0 saturated heterocycles. The third-order valence-corrected chi connectivity index (χ3v) is 4.61. The van der Waals surface area contributed by atoms with E-state index >= 15 is 0 Å². The van der Waals surface area contributed by atoms with Gasteiger partial charge in [-0.3, -0.25) is 0 Å². The third-order valence-electron chi connectivity index (χ3n) is 3.42. The van der Waals surface area contributed by atoms with Crippen molar-refractivity contribution in [1.82, 2.24) is 4.98 Å². The van der Waals surface area contributed by atoms with Gasteiger partial charge in [0.25, 0.3) is 0 Å². The predicted molar refractivity (Wildman–Crippen MR) is 96.8 cm³/mol. The molecule has 0 unspecified atom stereocenters. The lowest BCUT2D eigenvalue weighted by atomic mass is 10.1. The zero-order valence-electron chi connectivity index (χ0n) is 12.2. The van der Waals surface area contributed by atoms with Crippen molar-refractivity contribution in [2.45, 2.75) is 13.8 Å². The minimum Gasteiger partial charge on any atom is -0.331 e. The summed E-state index contributed by atoms with van der Waals surface area (Å²) >= 11 is 13.6. The fourth-order valence-electron chi connectivity index (χ4n) is 2.11. The molecule has 5 heteroatoms. The average molecular weight is 349 g/mol. The van der Waals surface area contributed by atoms with Crippen molar-refractivity contribution < 1.29 is 0 Å². The van der Waals surface area contributed by atoms with E-state index in [-0.39, 0.29) is 0 Å². The first-order chi connectivity index (χ1) is 10.5. The van der Waals surface area contributed by atoms with Gasteiger partial charge in [0.05, 0.1) is 5.69 Å². The van der Waals surface area contributed by atoms with Crippen molar-refractivity contribution in [3.8, 4) is 11.3 Å². The maximum atomic E-state index is 6.01. The van der Waals surface area contributed by atoms with Gasteiger partial charge in [-0.25, -0.2) is 4.98 Å². The van der Waals surface area contributed by atoms with Gasteiger partial charge in [-0.05, 0) is 49.2 Å². The predicted octanol–water partition coefficient (Wildman–Crippen LogP) is 6.48. The first-order valence-electron chi connectivity index (χ1n) is 6.77. The Bertz CT molecular complexity index is 807. The first-order valence-corrected chi connectivity index (χ1v) is 8.41. The van der Waals surface area contributed by atoms with Crippen LogP contribution in [0.5, 0.6) is 0 Å². The molecule has 0 radical (unpaired) electrons. The largest absolute Gasteiger partial charge is 0.331 e. The average Bonchev–Trinajstić information content (AvgIpc) is 2.89. The van der Waals surface area contributed by atoms with E-state index in [9.17, 15) is 0 Å². The Morgan fingerprint density at radius 3 is 2.36 bits per heavy atom. The molecule has 22 heavy (non-hydrogen) atoms. The van der Waals surface area contributed by atoms with Crippen molar-refractivity contribution in [1.29, 1.82) is 0 Å². The van der Waals surface area contributed by atoms with Gasteiger partial charge in [0.2, 0.25) is 0 Å². The molecule has 0 bridgehead atoms. The molecule has 112 valence electrons. The van der Waals surface area contributed by atoms with E-state index in [1.807, 2.05) is 17.5 Å². The Morgan fingerprint density at radius 2 is 1.68 bits per heavy atom. The van der Waals surface area contributed by atoms with Crippen LogP contribution < -0.4 is 5.32 Å². The lowest BCUT2D eigenvalue weighted by Crippen LogP contribution is -1.90. The molecular formula is C17H14Cl2N2S. The van der Waals surface area contributed by atoms with Crippen LogP contribution in [0.3, 0.4) is 0 Å². The van der Waals surface area contributed by atoms with Crippen LogP contribution in [0.25, 0.3) is 11.3 Å². The van der Waals surface area contributed by atoms with E-state index < -0.39 is 0 Å². The SMILES string of the molecule is Cc1ccc(-c2csc(Nc3cc(Cl)cc(Cl)c3)n2)cc1C. The monoisotopic (exact) mass is 348 g/mol. The molecule has 1 N–H and O–H groups in total. The molecule has 0 aliphatic carbocycles. The minimum atomic E-state index is 0.598. The minimum absolute atomic E-state index is 0.598. The number of halogens is 2. The summed E-state index contributed by atoms with van der Waals surface area (Å²) in [4.78, 5) is 4.63. The number of hydrogen-bond donors (Lipinski definition) is 1. The number of thiazole rings is 1. The molecule has 2 aromatic carbocycles. The Kier molecular flexibility index (Phi) is 4.39. The Balaban J connectivity index is 1.85. The summed E-state index contributed by atoms with van der Waals surface area (Å²) in [5, 5.41) is 7.29. The van der Waals surface area contributed by atoms with Crippen LogP contribution in [0.15, 0.2) is 41.8 Å². The highest BCUT2D eigenvalue weighted by molar-refractivity contribution is 7.14. The van der Waals surface area contributed by atoms with E-state index in [4.69, 9.17) is 23.2 Å². The smallest absolute Gasteiger partial charge is 0.187 e. The van der Waals surface area contributed by atoms with Gasteiger partial charge >= 0.3 is 0 Å². The van der Waals surface area contributed by atoms with Gasteiger partial charge < -0.3 is 5.32 Å². The van der Waals surface area contributed by atoms with Crippen LogP contribution in [0.1, 0.15) is 11.1 Å². The quantitative estimate of drug-likeness (QED) is 0.585. The van der Waals surface area contributed by atoms with Gasteiger partial charge in [-0.1, -0.05) is 35.3 Å². The van der Waals surface area contributed by atoms with Crippen LogP contribution in [0.4, 0.5) is 10.8 Å². The highest BCUT2D eigenvalue weighted by atomic mass is 35.5. The molecule has 0 aliphatic rings. The number of hydrogen-bond acceptors (Lipinski definition) is 3. The lowest BCUT2D eigenvalue weighted by molar-refractivity contribution is 1.32. The number of aryl methyl sites for hydroxylation is 2. The molecule has 1 heterocycles. The maximum absolute atomic E-state index is 6.01. The van der Waals surface area contributed by atoms with Crippen LogP contribution >= 0.6 is 34.5 Å². The number of aromatic nitrogens is 1. The number of rotatable bonds is 3. The van der Waals surface area contributed by atoms with E-state index in [2.05, 4.69) is 42.3 Å². The van der Waals surface area contributed by atoms with Gasteiger partial charge in [0.15, 0.2) is 5.13 Å². The van der Waals surface area contributed by atoms with Crippen LogP contribution in [-0.2, 0) is 0 Å². The zero-order valence-corrected chi connectivity index (χ0v) is 14.5. The molecule has 0 saturated carbocycles. The summed E-state index contributed by atoms with van der Waals surface area (Å²) in [6.45, 7) is 4.22. The molecule has 2 nitrogen and oxygen atoms in total. The molecule has 3 aromatic rings. The van der Waals surface area contributed by atoms with Gasteiger partial charge in [-0.2, -0.15) is 0 Å². The summed E-state index contributed by atoms with van der Waals surface area (Å²) in [7, 11) is 0. The number of benzene rings is 2. The highest BCUT2D eigenvalue weighted by Gasteiger charge is 2.07. The molecule has 0 atom stereocenters. The van der Waals surface area contributed by atoms with E-state index in [1.54, 1.807) is 17.4 Å². The molecular weight excluding hydrogens is 335 g/mol. The van der Waals surface area contributed by atoms with Crippen molar-refractivity contribution >= 4 is 45.4 Å². The van der Waals surface area contributed by atoms with E-state index in [0.29, 0.717) is 10.0 Å². The zero-order chi connectivity index (χ0) is 15.7. The van der Waals surface area contributed by atoms with Crippen molar-refractivity contribution in [2.75, 3.05) is 5.32 Å². The van der Waals surface area contributed by atoms with Crippen molar-refractivity contribution in [3.05, 3.63) is 63.0 Å². The lowest BCUT2D eigenvalue weighted by Gasteiger charge is -2.04. The van der Waals surface area contributed by atoms with Crippen LogP contribution in [0.2, 0.25) is 10.0 Å². The summed E-state index contributed by atoms with van der Waals surface area (Å²) in [6.07, 6.45) is 0. The summed E-state index contributed by atoms with van der Waals surface area (Å²) < 4.78 is 0. The highest BCUT2D eigenvalue weighted by Crippen LogP contribution is 2.30. The summed E-state index contributed by atoms with van der Waals surface area (Å²) in [5.41, 5.74) is 5.46. The molecule has 3 rings (SSSR count). The third kappa shape index (κ3) is 3.43. The normalized spacial score (nSPS) is 10.7. The molecule has 1 aromatic heterocycles. The maximum Gasteiger partial charge on any atom is 0.187 e. The summed E-state index contributed by atoms with van der Waals surface area (Å²) in [6, 6.07) is 11.7.